The van der Waals surface area contributed by atoms with Gasteiger partial charge in [-0.05, 0) is 29.5 Å². The van der Waals surface area contributed by atoms with Gasteiger partial charge in [0.15, 0.2) is 0 Å². The molecule has 2 rings (SSSR count). The quantitative estimate of drug-likeness (QED) is 0.643. The fraction of sp³-hybridized carbons (Fsp3) is 0.294. The molecule has 2 N–H and O–H groups in total. The van der Waals surface area contributed by atoms with E-state index in [1.165, 1.54) is 42.4 Å². The van der Waals surface area contributed by atoms with Crippen molar-refractivity contribution in [3.05, 3.63) is 60.2 Å². The van der Waals surface area contributed by atoms with Gasteiger partial charge in [0.05, 0.1) is 0 Å². The van der Waals surface area contributed by atoms with Gasteiger partial charge in [-0.15, -0.1) is 0 Å². The first-order chi connectivity index (χ1) is 9.81. The standard InChI is InChI=1S/C17H20.BH2O2/c1-2-3-5-8-15-11-13-17(14-12-15)16-9-6-4-7-10-16;2-1-3/h4,6-7,9-14H,2-3,5,8H2,1H3;2-3H. The molecule has 0 saturated heterocycles. The third-order valence-corrected chi connectivity index (χ3v) is 3.13. The first-order valence-corrected chi connectivity index (χ1v) is 7.06. The third kappa shape index (κ3) is 6.05. The molecule has 0 aliphatic heterocycles. The van der Waals surface area contributed by atoms with Crippen LogP contribution in [-0.2, 0) is 6.42 Å². The van der Waals surface area contributed by atoms with Gasteiger partial charge in [-0.25, -0.2) is 0 Å². The molecule has 1 radical (unpaired) electrons. The van der Waals surface area contributed by atoms with E-state index in [0.717, 1.165) is 0 Å². The van der Waals surface area contributed by atoms with Crippen molar-refractivity contribution in [2.45, 2.75) is 32.6 Å². The summed E-state index contributed by atoms with van der Waals surface area (Å²) in [5.41, 5.74) is 4.07. The fourth-order valence-electron chi connectivity index (χ4n) is 2.07. The van der Waals surface area contributed by atoms with Crippen LogP contribution in [0.1, 0.15) is 31.7 Å². The molecular formula is C17H22BO2. The molecule has 0 atom stereocenters. The lowest BCUT2D eigenvalue weighted by Crippen LogP contribution is -1.85. The molecule has 0 heterocycles. The lowest BCUT2D eigenvalue weighted by atomic mass is 10.0. The number of rotatable bonds is 5. The Morgan fingerprint density at radius 2 is 1.35 bits per heavy atom. The number of hydrogen-bond acceptors (Lipinski definition) is 2. The van der Waals surface area contributed by atoms with Gasteiger partial charge < -0.3 is 10.0 Å². The zero-order valence-corrected chi connectivity index (χ0v) is 12.0. The smallest absolute Gasteiger partial charge is 0.429 e. The lowest BCUT2D eigenvalue weighted by molar-refractivity contribution is 0.448. The van der Waals surface area contributed by atoms with Crippen molar-refractivity contribution < 1.29 is 10.0 Å². The maximum Gasteiger partial charge on any atom is 0.482 e. The van der Waals surface area contributed by atoms with Crippen LogP contribution in [-0.4, -0.2) is 17.7 Å². The number of benzene rings is 2. The molecule has 0 spiro atoms. The summed E-state index contributed by atoms with van der Waals surface area (Å²) < 4.78 is 0. The van der Waals surface area contributed by atoms with Crippen molar-refractivity contribution in [2.24, 2.45) is 0 Å². The Morgan fingerprint density at radius 1 is 0.800 bits per heavy atom. The van der Waals surface area contributed by atoms with Crippen LogP contribution in [0.4, 0.5) is 0 Å². The van der Waals surface area contributed by atoms with Gasteiger partial charge in [-0.2, -0.15) is 0 Å². The first kappa shape index (κ1) is 16.5. The van der Waals surface area contributed by atoms with E-state index in [-0.39, 0.29) is 7.69 Å². The number of unbranched alkanes of at least 4 members (excludes halogenated alkanes) is 2. The summed E-state index contributed by atoms with van der Waals surface area (Å²) in [6.07, 6.45) is 5.15. The van der Waals surface area contributed by atoms with Gasteiger partial charge in [-0.1, -0.05) is 74.4 Å². The monoisotopic (exact) mass is 269 g/mol. The maximum absolute atomic E-state index is 7.00. The highest BCUT2D eigenvalue weighted by Crippen LogP contribution is 2.19. The van der Waals surface area contributed by atoms with Crippen LogP contribution < -0.4 is 0 Å². The van der Waals surface area contributed by atoms with Crippen molar-refractivity contribution in [1.29, 1.82) is 0 Å². The van der Waals surface area contributed by atoms with E-state index >= 15 is 0 Å². The van der Waals surface area contributed by atoms with Crippen molar-refractivity contribution >= 4 is 7.69 Å². The van der Waals surface area contributed by atoms with E-state index in [9.17, 15) is 0 Å². The molecule has 0 saturated carbocycles. The topological polar surface area (TPSA) is 40.5 Å². The molecule has 2 aromatic rings. The second-order valence-corrected chi connectivity index (χ2v) is 4.64. The fourth-order valence-corrected chi connectivity index (χ4v) is 2.07. The molecule has 2 nitrogen and oxygen atoms in total. The van der Waals surface area contributed by atoms with Crippen LogP contribution in [0.15, 0.2) is 54.6 Å². The van der Waals surface area contributed by atoms with Gasteiger partial charge in [0.25, 0.3) is 0 Å². The van der Waals surface area contributed by atoms with E-state index in [1.54, 1.807) is 0 Å². The third-order valence-electron chi connectivity index (χ3n) is 3.13. The molecule has 0 fully saturated rings. The molecule has 3 heteroatoms. The number of hydrogen-bond donors (Lipinski definition) is 2. The summed E-state index contributed by atoms with van der Waals surface area (Å²) in [5.74, 6) is 0. The maximum atomic E-state index is 7.00. The van der Waals surface area contributed by atoms with Crippen LogP contribution in [0.3, 0.4) is 0 Å². The van der Waals surface area contributed by atoms with Gasteiger partial charge in [0.1, 0.15) is 0 Å². The predicted molar refractivity (Wildman–Crippen MR) is 85.3 cm³/mol. The minimum absolute atomic E-state index is 0. The highest BCUT2D eigenvalue weighted by atomic mass is 16.4. The van der Waals surface area contributed by atoms with Gasteiger partial charge >= 0.3 is 7.69 Å². The Kier molecular flexibility index (Phi) is 8.44. The van der Waals surface area contributed by atoms with Crippen LogP contribution in [0.5, 0.6) is 0 Å². The molecule has 2 aromatic carbocycles. The van der Waals surface area contributed by atoms with E-state index < -0.39 is 0 Å². The van der Waals surface area contributed by atoms with Crippen LogP contribution in [0.25, 0.3) is 11.1 Å². The largest absolute Gasteiger partial charge is 0.482 e. The normalized spacial score (nSPS) is 9.55. The van der Waals surface area contributed by atoms with Gasteiger partial charge in [0.2, 0.25) is 0 Å². The van der Waals surface area contributed by atoms with E-state index in [1.807, 2.05) is 0 Å². The molecule has 0 bridgehead atoms. The van der Waals surface area contributed by atoms with E-state index in [2.05, 4.69) is 61.5 Å². The number of aryl methyl sites for hydroxylation is 1. The summed E-state index contributed by atoms with van der Waals surface area (Å²) in [5, 5.41) is 14.0. The van der Waals surface area contributed by atoms with Gasteiger partial charge in [0, 0.05) is 0 Å². The summed E-state index contributed by atoms with van der Waals surface area (Å²) in [6.45, 7) is 2.25. The molecule has 0 amide bonds. The first-order valence-electron chi connectivity index (χ1n) is 7.06. The Morgan fingerprint density at radius 3 is 1.90 bits per heavy atom. The van der Waals surface area contributed by atoms with Crippen molar-refractivity contribution in [3.63, 3.8) is 0 Å². The Hall–Kier alpha value is -1.58. The molecular weight excluding hydrogens is 247 g/mol. The van der Waals surface area contributed by atoms with E-state index in [4.69, 9.17) is 10.0 Å². The zero-order valence-electron chi connectivity index (χ0n) is 12.0. The summed E-state index contributed by atoms with van der Waals surface area (Å²) in [6, 6.07) is 19.5. The second-order valence-electron chi connectivity index (χ2n) is 4.64. The second kappa shape index (κ2) is 10.2. The zero-order chi connectivity index (χ0) is 14.6. The SMILES string of the molecule is CCCCCc1ccc(-c2ccccc2)cc1.O[B]O. The average Bonchev–Trinajstić information content (AvgIpc) is 2.50. The summed E-state index contributed by atoms with van der Waals surface area (Å²) in [7, 11) is 0. The average molecular weight is 269 g/mol. The van der Waals surface area contributed by atoms with Crippen LogP contribution >= 0.6 is 0 Å². The highest BCUT2D eigenvalue weighted by Gasteiger charge is 1.97. The molecule has 0 aromatic heterocycles. The predicted octanol–water partition coefficient (Wildman–Crippen LogP) is 3.59. The Balaban J connectivity index is 0.000000612. The minimum Gasteiger partial charge on any atom is -0.429 e. The Bertz CT molecular complexity index is 454. The molecule has 0 aliphatic rings. The van der Waals surface area contributed by atoms with Gasteiger partial charge in [-0.3, -0.25) is 0 Å². The minimum atomic E-state index is 0. The molecule has 105 valence electrons. The molecule has 20 heavy (non-hydrogen) atoms. The highest BCUT2D eigenvalue weighted by molar-refractivity contribution is 6.13. The van der Waals surface area contributed by atoms with Crippen molar-refractivity contribution in [2.75, 3.05) is 0 Å². The van der Waals surface area contributed by atoms with Crippen molar-refractivity contribution in [1.82, 2.24) is 0 Å². The summed E-state index contributed by atoms with van der Waals surface area (Å²) in [4.78, 5) is 0. The molecule has 0 unspecified atom stereocenters. The van der Waals surface area contributed by atoms with E-state index in [0.29, 0.717) is 0 Å². The van der Waals surface area contributed by atoms with Crippen LogP contribution in [0, 0.1) is 0 Å². The summed E-state index contributed by atoms with van der Waals surface area (Å²) >= 11 is 0. The van der Waals surface area contributed by atoms with Crippen LogP contribution in [0.2, 0.25) is 0 Å². The van der Waals surface area contributed by atoms with Crippen molar-refractivity contribution in [3.8, 4) is 11.1 Å². The Labute approximate surface area is 122 Å². The lowest BCUT2D eigenvalue weighted by Gasteiger charge is -2.04. The molecule has 0 aliphatic carbocycles.